The second-order valence-corrected chi connectivity index (χ2v) is 6.36. The van der Waals surface area contributed by atoms with Crippen molar-refractivity contribution >= 4 is 6.03 Å². The molecule has 1 aliphatic carbocycles. The maximum absolute atomic E-state index is 11.9. The Hall–Kier alpha value is -0.730. The molecule has 0 aliphatic heterocycles. The fourth-order valence-corrected chi connectivity index (χ4v) is 2.62. The van der Waals surface area contributed by atoms with Crippen molar-refractivity contribution in [3.05, 3.63) is 0 Å². The lowest BCUT2D eigenvalue weighted by Crippen LogP contribution is -2.48. The third kappa shape index (κ3) is 5.74. The fraction of sp³-hybridized carbons (Fsp3) is 0.933. The summed E-state index contributed by atoms with van der Waals surface area (Å²) in [5.74, 6) is 1.33. The van der Waals surface area contributed by atoms with E-state index in [1.165, 1.54) is 25.7 Å². The van der Waals surface area contributed by atoms with Gasteiger partial charge in [-0.1, -0.05) is 33.6 Å². The second-order valence-electron chi connectivity index (χ2n) is 6.36. The van der Waals surface area contributed by atoms with Gasteiger partial charge in [-0.15, -0.1) is 0 Å². The fourth-order valence-electron chi connectivity index (χ4n) is 2.62. The predicted octanol–water partition coefficient (Wildman–Crippen LogP) is 3.69. The van der Waals surface area contributed by atoms with E-state index in [0.717, 1.165) is 12.8 Å². The summed E-state index contributed by atoms with van der Waals surface area (Å²) >= 11 is 0. The number of rotatable bonds is 5. The second kappa shape index (κ2) is 7.65. The van der Waals surface area contributed by atoms with Crippen molar-refractivity contribution in [2.45, 2.75) is 78.3 Å². The van der Waals surface area contributed by atoms with Crippen LogP contribution in [0.2, 0.25) is 0 Å². The molecule has 3 heteroatoms. The topological polar surface area (TPSA) is 41.1 Å². The van der Waals surface area contributed by atoms with Crippen LogP contribution in [-0.2, 0) is 0 Å². The summed E-state index contributed by atoms with van der Waals surface area (Å²) < 4.78 is 0. The number of hydrogen-bond acceptors (Lipinski definition) is 1. The first-order chi connectivity index (χ1) is 8.49. The van der Waals surface area contributed by atoms with Crippen LogP contribution in [0, 0.1) is 11.8 Å². The standard InChI is InChI=1S/C15H30N2O/c1-11(2)9-10-13(4)16-15(18)17-14-8-6-5-7-12(14)3/h11-14H,5-10H2,1-4H3,(H2,16,17,18). The highest BCUT2D eigenvalue weighted by Crippen LogP contribution is 2.23. The monoisotopic (exact) mass is 254 g/mol. The summed E-state index contributed by atoms with van der Waals surface area (Å²) in [6.45, 7) is 8.77. The zero-order chi connectivity index (χ0) is 13.5. The highest BCUT2D eigenvalue weighted by atomic mass is 16.2. The van der Waals surface area contributed by atoms with Gasteiger partial charge in [0.25, 0.3) is 0 Å². The summed E-state index contributed by atoms with van der Waals surface area (Å²) in [6.07, 6.45) is 7.17. The van der Waals surface area contributed by atoms with Crippen LogP contribution >= 0.6 is 0 Å². The van der Waals surface area contributed by atoms with Crippen LogP contribution in [0.5, 0.6) is 0 Å². The molecule has 3 unspecified atom stereocenters. The van der Waals surface area contributed by atoms with Gasteiger partial charge < -0.3 is 10.6 Å². The largest absolute Gasteiger partial charge is 0.336 e. The van der Waals surface area contributed by atoms with Crippen molar-refractivity contribution in [2.75, 3.05) is 0 Å². The van der Waals surface area contributed by atoms with Gasteiger partial charge in [-0.05, 0) is 44.4 Å². The van der Waals surface area contributed by atoms with E-state index in [4.69, 9.17) is 0 Å². The molecule has 0 heterocycles. The minimum Gasteiger partial charge on any atom is -0.336 e. The van der Waals surface area contributed by atoms with Gasteiger partial charge in [0.15, 0.2) is 0 Å². The number of carbonyl (C=O) groups excluding carboxylic acids is 1. The summed E-state index contributed by atoms with van der Waals surface area (Å²) in [4.78, 5) is 11.9. The minimum absolute atomic E-state index is 0.0185. The molecule has 0 aromatic rings. The Labute approximate surface area is 112 Å². The van der Waals surface area contributed by atoms with Crippen molar-refractivity contribution in [3.63, 3.8) is 0 Å². The van der Waals surface area contributed by atoms with E-state index in [-0.39, 0.29) is 12.1 Å². The van der Waals surface area contributed by atoms with E-state index < -0.39 is 0 Å². The summed E-state index contributed by atoms with van der Waals surface area (Å²) in [6, 6.07) is 0.660. The van der Waals surface area contributed by atoms with E-state index in [0.29, 0.717) is 17.9 Å². The van der Waals surface area contributed by atoms with Crippen LogP contribution in [0.3, 0.4) is 0 Å². The Morgan fingerprint density at radius 2 is 1.83 bits per heavy atom. The normalized spacial score (nSPS) is 25.8. The molecule has 2 N–H and O–H groups in total. The Morgan fingerprint density at radius 1 is 1.17 bits per heavy atom. The molecule has 1 saturated carbocycles. The van der Waals surface area contributed by atoms with Crippen molar-refractivity contribution in [1.82, 2.24) is 10.6 Å². The van der Waals surface area contributed by atoms with Gasteiger partial charge in [0.1, 0.15) is 0 Å². The SMILES string of the molecule is CC(C)CCC(C)NC(=O)NC1CCCCC1C. The number of urea groups is 1. The zero-order valence-electron chi connectivity index (χ0n) is 12.5. The number of nitrogens with one attached hydrogen (secondary N) is 2. The van der Waals surface area contributed by atoms with Crippen molar-refractivity contribution < 1.29 is 4.79 Å². The van der Waals surface area contributed by atoms with Crippen molar-refractivity contribution in [3.8, 4) is 0 Å². The summed E-state index contributed by atoms with van der Waals surface area (Å²) in [7, 11) is 0. The van der Waals surface area contributed by atoms with Crippen LogP contribution in [-0.4, -0.2) is 18.1 Å². The Morgan fingerprint density at radius 3 is 2.44 bits per heavy atom. The van der Waals surface area contributed by atoms with Crippen LogP contribution in [0.15, 0.2) is 0 Å². The molecule has 18 heavy (non-hydrogen) atoms. The molecule has 0 saturated heterocycles. The number of hydrogen-bond donors (Lipinski definition) is 2. The Bertz CT molecular complexity index is 253. The van der Waals surface area contributed by atoms with Gasteiger partial charge in [-0.2, -0.15) is 0 Å². The van der Waals surface area contributed by atoms with Gasteiger partial charge in [0, 0.05) is 12.1 Å². The molecule has 1 fully saturated rings. The van der Waals surface area contributed by atoms with Gasteiger partial charge in [-0.25, -0.2) is 4.79 Å². The molecule has 2 amide bonds. The zero-order valence-corrected chi connectivity index (χ0v) is 12.5. The summed E-state index contributed by atoms with van der Waals surface area (Å²) in [5.41, 5.74) is 0. The molecule has 0 aromatic heterocycles. The highest BCUT2D eigenvalue weighted by Gasteiger charge is 2.23. The van der Waals surface area contributed by atoms with Crippen molar-refractivity contribution in [2.24, 2.45) is 11.8 Å². The third-order valence-corrected chi connectivity index (χ3v) is 3.98. The lowest BCUT2D eigenvalue weighted by atomic mass is 9.86. The molecular formula is C15H30N2O. The van der Waals surface area contributed by atoms with Gasteiger partial charge in [-0.3, -0.25) is 0 Å². The van der Waals surface area contributed by atoms with Crippen molar-refractivity contribution in [1.29, 1.82) is 0 Å². The first-order valence-corrected chi connectivity index (χ1v) is 7.56. The molecule has 1 rings (SSSR count). The van der Waals surface area contributed by atoms with Gasteiger partial charge >= 0.3 is 6.03 Å². The molecule has 0 aromatic carbocycles. The quantitative estimate of drug-likeness (QED) is 0.772. The van der Waals surface area contributed by atoms with Crippen LogP contribution in [0.25, 0.3) is 0 Å². The molecule has 0 radical (unpaired) electrons. The molecule has 3 atom stereocenters. The molecule has 106 valence electrons. The maximum Gasteiger partial charge on any atom is 0.315 e. The van der Waals surface area contributed by atoms with E-state index in [2.05, 4.69) is 38.3 Å². The van der Waals surface area contributed by atoms with E-state index in [1.807, 2.05) is 0 Å². The molecule has 0 bridgehead atoms. The highest BCUT2D eigenvalue weighted by molar-refractivity contribution is 5.74. The lowest BCUT2D eigenvalue weighted by Gasteiger charge is -2.30. The van der Waals surface area contributed by atoms with Crippen LogP contribution in [0.1, 0.15) is 66.2 Å². The van der Waals surface area contributed by atoms with E-state index in [9.17, 15) is 4.79 Å². The summed E-state index contributed by atoms with van der Waals surface area (Å²) in [5, 5.41) is 6.19. The number of amides is 2. The average molecular weight is 254 g/mol. The molecular weight excluding hydrogens is 224 g/mol. The molecule has 1 aliphatic rings. The molecule has 3 nitrogen and oxygen atoms in total. The van der Waals surface area contributed by atoms with E-state index >= 15 is 0 Å². The third-order valence-electron chi connectivity index (χ3n) is 3.98. The smallest absolute Gasteiger partial charge is 0.315 e. The van der Waals surface area contributed by atoms with Crippen LogP contribution in [0.4, 0.5) is 4.79 Å². The first-order valence-electron chi connectivity index (χ1n) is 7.56. The van der Waals surface area contributed by atoms with E-state index in [1.54, 1.807) is 0 Å². The predicted molar refractivity (Wildman–Crippen MR) is 76.6 cm³/mol. The Balaban J connectivity index is 2.23. The average Bonchev–Trinajstić information content (AvgIpc) is 2.29. The van der Waals surface area contributed by atoms with Crippen LogP contribution < -0.4 is 10.6 Å². The van der Waals surface area contributed by atoms with Gasteiger partial charge in [0.2, 0.25) is 0 Å². The van der Waals surface area contributed by atoms with Gasteiger partial charge in [0.05, 0.1) is 0 Å². The Kier molecular flexibility index (Phi) is 6.51. The maximum atomic E-state index is 11.9. The minimum atomic E-state index is 0.0185. The molecule has 0 spiro atoms. The first kappa shape index (κ1) is 15.3. The lowest BCUT2D eigenvalue weighted by molar-refractivity contribution is 0.218. The number of carbonyl (C=O) groups is 1.